The van der Waals surface area contributed by atoms with Crippen LogP contribution in [0.2, 0.25) is 0 Å². The molecule has 0 unspecified atom stereocenters. The third-order valence-electron chi connectivity index (χ3n) is 6.87. The van der Waals surface area contributed by atoms with Crippen LogP contribution in [0.3, 0.4) is 0 Å². The number of rotatable bonds is 9. The van der Waals surface area contributed by atoms with E-state index in [-0.39, 0.29) is 12.2 Å². The van der Waals surface area contributed by atoms with Crippen molar-refractivity contribution in [2.75, 3.05) is 19.0 Å². The average Bonchev–Trinajstić information content (AvgIpc) is 3.20. The second-order valence-electron chi connectivity index (χ2n) is 10.0. The zero-order valence-electron chi connectivity index (χ0n) is 24.0. The van der Waals surface area contributed by atoms with Crippen LogP contribution in [0.5, 0.6) is 23.0 Å². The maximum atomic E-state index is 13.3. The number of hydrogen-bond acceptors (Lipinski definition) is 7. The van der Waals surface area contributed by atoms with E-state index in [1.165, 1.54) is 11.8 Å². The third kappa shape index (κ3) is 5.70. The molecule has 1 atom stereocenters. The molecule has 10 nitrogen and oxygen atoms in total. The van der Waals surface area contributed by atoms with E-state index in [1.54, 1.807) is 74.2 Å². The monoisotopic (exact) mass is 568 g/mol. The predicted octanol–water partition coefficient (Wildman–Crippen LogP) is 5.15. The quantitative estimate of drug-likeness (QED) is 0.252. The van der Waals surface area contributed by atoms with Crippen molar-refractivity contribution in [2.24, 2.45) is 7.05 Å². The largest absolute Gasteiger partial charge is 0.493 e. The Hall–Kier alpha value is -5.09. The Balaban J connectivity index is 1.35. The van der Waals surface area contributed by atoms with Gasteiger partial charge in [-0.1, -0.05) is 17.7 Å². The first kappa shape index (κ1) is 28.4. The summed E-state index contributed by atoms with van der Waals surface area (Å²) < 4.78 is 20.5. The molecule has 5 aromatic rings. The van der Waals surface area contributed by atoms with E-state index >= 15 is 0 Å². The third-order valence-corrected chi connectivity index (χ3v) is 6.87. The van der Waals surface area contributed by atoms with Crippen LogP contribution in [-0.4, -0.2) is 45.2 Å². The van der Waals surface area contributed by atoms with Crippen molar-refractivity contribution in [3.05, 3.63) is 100 Å². The number of hydrogen-bond donors (Lipinski definition) is 2. The number of ether oxygens (including phenoxy) is 3. The number of aliphatic hydroxyl groups is 1. The van der Waals surface area contributed by atoms with Gasteiger partial charge in [0.1, 0.15) is 23.7 Å². The van der Waals surface area contributed by atoms with E-state index in [0.29, 0.717) is 51.0 Å². The number of aliphatic hydroxyl groups excluding tert-OH is 1. The zero-order valence-corrected chi connectivity index (χ0v) is 24.0. The molecule has 0 aliphatic heterocycles. The van der Waals surface area contributed by atoms with E-state index in [2.05, 4.69) is 10.3 Å². The number of anilines is 1. The molecule has 1 amide bonds. The van der Waals surface area contributed by atoms with Gasteiger partial charge >= 0.3 is 0 Å². The van der Waals surface area contributed by atoms with E-state index < -0.39 is 17.6 Å². The van der Waals surface area contributed by atoms with Crippen LogP contribution < -0.4 is 25.1 Å². The van der Waals surface area contributed by atoms with E-state index in [9.17, 15) is 14.7 Å². The van der Waals surface area contributed by atoms with Gasteiger partial charge in [-0.15, -0.1) is 0 Å². The van der Waals surface area contributed by atoms with Gasteiger partial charge in [0.15, 0.2) is 11.5 Å². The summed E-state index contributed by atoms with van der Waals surface area (Å²) in [5, 5.41) is 13.1. The highest BCUT2D eigenvalue weighted by molar-refractivity contribution is 6.05. The molecule has 0 spiro atoms. The van der Waals surface area contributed by atoms with E-state index in [1.807, 2.05) is 31.2 Å². The van der Waals surface area contributed by atoms with Gasteiger partial charge in [-0.3, -0.25) is 19.3 Å². The number of nitrogens with one attached hydrogen (secondary N) is 1. The van der Waals surface area contributed by atoms with Gasteiger partial charge in [-0.05, 0) is 69.3 Å². The molecule has 0 saturated carbocycles. The maximum absolute atomic E-state index is 13.3. The Morgan fingerprint density at radius 1 is 1.00 bits per heavy atom. The highest BCUT2D eigenvalue weighted by Gasteiger charge is 2.22. The van der Waals surface area contributed by atoms with Crippen LogP contribution in [0, 0.1) is 13.8 Å². The molecule has 3 aromatic carbocycles. The van der Waals surface area contributed by atoms with Crippen molar-refractivity contribution in [1.29, 1.82) is 0 Å². The molecular formula is C32H32N4O6. The summed E-state index contributed by atoms with van der Waals surface area (Å²) in [6, 6.07) is 19.6. The number of amides is 1. The standard InChI is InChI=1S/C32H32N4O6/c1-19-6-10-23(11-7-19)36-32(39)30(21(3)35(36)4)31(38)34-22-8-12-24(13-9-22)42-27-14-15-33-26-17-29(41-18-20(2)37)28(40-5)16-25(26)27/h6-17,20,37H,18H2,1-5H3,(H,34,38)/t20-/m1/s1. The number of pyridine rings is 1. The lowest BCUT2D eigenvalue weighted by Crippen LogP contribution is -2.25. The van der Waals surface area contributed by atoms with Gasteiger partial charge in [0.25, 0.3) is 11.5 Å². The van der Waals surface area contributed by atoms with Gasteiger partial charge in [0.2, 0.25) is 0 Å². The van der Waals surface area contributed by atoms with Gasteiger partial charge in [0, 0.05) is 30.4 Å². The second kappa shape index (κ2) is 11.8. The minimum absolute atomic E-state index is 0.0763. The van der Waals surface area contributed by atoms with E-state index in [4.69, 9.17) is 14.2 Å². The number of fused-ring (bicyclic) bond motifs is 1. The topological polar surface area (TPSA) is 117 Å². The molecule has 0 fully saturated rings. The van der Waals surface area contributed by atoms with Crippen LogP contribution in [0.1, 0.15) is 28.5 Å². The SMILES string of the molecule is COc1cc2c(Oc3ccc(NC(=O)c4c(C)n(C)n(-c5ccc(C)cc5)c4=O)cc3)ccnc2cc1OC[C@@H](C)O. The van der Waals surface area contributed by atoms with Crippen LogP contribution in [0.4, 0.5) is 5.69 Å². The number of carbonyl (C=O) groups is 1. The molecule has 2 heterocycles. The highest BCUT2D eigenvalue weighted by Crippen LogP contribution is 2.37. The normalized spacial score (nSPS) is 11.8. The zero-order chi connectivity index (χ0) is 30.0. The summed E-state index contributed by atoms with van der Waals surface area (Å²) in [5.74, 6) is 1.54. The number of benzene rings is 3. The van der Waals surface area contributed by atoms with Crippen LogP contribution in [0.15, 0.2) is 77.7 Å². The predicted molar refractivity (Wildman–Crippen MR) is 160 cm³/mol. The fourth-order valence-electron chi connectivity index (χ4n) is 4.57. The lowest BCUT2D eigenvalue weighted by Gasteiger charge is -2.15. The van der Waals surface area contributed by atoms with Gasteiger partial charge < -0.3 is 24.6 Å². The molecule has 5 rings (SSSR count). The summed E-state index contributed by atoms with van der Waals surface area (Å²) in [6.07, 6.45) is 0.998. The maximum Gasteiger partial charge on any atom is 0.284 e. The number of nitrogens with zero attached hydrogens (tertiary/aromatic N) is 3. The van der Waals surface area contributed by atoms with Crippen molar-refractivity contribution in [3.8, 4) is 28.7 Å². The lowest BCUT2D eigenvalue weighted by molar-refractivity contribution is 0.102. The Morgan fingerprint density at radius 2 is 1.71 bits per heavy atom. The molecule has 0 aliphatic rings. The number of aryl methyl sites for hydroxylation is 1. The molecule has 0 aliphatic carbocycles. The average molecular weight is 569 g/mol. The Morgan fingerprint density at radius 3 is 2.38 bits per heavy atom. The molecule has 2 N–H and O–H groups in total. The minimum Gasteiger partial charge on any atom is -0.493 e. The number of methoxy groups -OCH3 is 1. The summed E-state index contributed by atoms with van der Waals surface area (Å²) in [7, 11) is 3.29. The molecule has 0 saturated heterocycles. The van der Waals surface area contributed by atoms with Crippen LogP contribution in [0.25, 0.3) is 16.6 Å². The molecule has 0 radical (unpaired) electrons. The minimum atomic E-state index is -0.630. The van der Waals surface area contributed by atoms with Crippen molar-refractivity contribution >= 4 is 22.5 Å². The fourth-order valence-corrected chi connectivity index (χ4v) is 4.57. The number of carbonyl (C=O) groups excluding carboxylic acids is 1. The van der Waals surface area contributed by atoms with Gasteiger partial charge in [0.05, 0.1) is 30.1 Å². The first-order chi connectivity index (χ1) is 20.2. The van der Waals surface area contributed by atoms with Crippen LogP contribution >= 0.6 is 0 Å². The van der Waals surface area contributed by atoms with Crippen molar-refractivity contribution in [1.82, 2.24) is 14.3 Å². The summed E-state index contributed by atoms with van der Waals surface area (Å²) >= 11 is 0. The first-order valence-corrected chi connectivity index (χ1v) is 13.4. The highest BCUT2D eigenvalue weighted by atomic mass is 16.5. The summed E-state index contributed by atoms with van der Waals surface area (Å²) in [5.41, 5.74) is 3.14. The van der Waals surface area contributed by atoms with Gasteiger partial charge in [-0.2, -0.15) is 0 Å². The molecule has 0 bridgehead atoms. The molecule has 2 aromatic heterocycles. The Kier molecular flexibility index (Phi) is 7.99. The second-order valence-corrected chi connectivity index (χ2v) is 10.0. The molecule has 216 valence electrons. The first-order valence-electron chi connectivity index (χ1n) is 13.4. The fraction of sp³-hybridized carbons (Fsp3) is 0.219. The number of aromatic nitrogens is 3. The van der Waals surface area contributed by atoms with Crippen molar-refractivity contribution in [3.63, 3.8) is 0 Å². The molecular weight excluding hydrogens is 536 g/mol. The smallest absolute Gasteiger partial charge is 0.284 e. The van der Waals surface area contributed by atoms with Gasteiger partial charge in [-0.25, -0.2) is 4.68 Å². The van der Waals surface area contributed by atoms with Crippen molar-refractivity contribution < 1.29 is 24.1 Å². The molecule has 10 heteroatoms. The summed E-state index contributed by atoms with van der Waals surface area (Å²) in [4.78, 5) is 30.9. The Bertz CT molecular complexity index is 1800. The lowest BCUT2D eigenvalue weighted by atomic mass is 10.1. The summed E-state index contributed by atoms with van der Waals surface area (Å²) in [6.45, 7) is 5.47. The molecule has 42 heavy (non-hydrogen) atoms. The van der Waals surface area contributed by atoms with E-state index in [0.717, 1.165) is 5.56 Å². The Labute approximate surface area is 242 Å². The van der Waals surface area contributed by atoms with Crippen molar-refractivity contribution in [2.45, 2.75) is 26.9 Å². The van der Waals surface area contributed by atoms with Crippen LogP contribution in [-0.2, 0) is 7.05 Å².